The third kappa shape index (κ3) is 2.89. The lowest BCUT2D eigenvalue weighted by atomic mass is 10.1. The summed E-state index contributed by atoms with van der Waals surface area (Å²) in [6.45, 7) is 2.88. The van der Waals surface area contributed by atoms with Gasteiger partial charge in [-0.3, -0.25) is 19.3 Å². The minimum absolute atomic E-state index is 0.160. The second-order valence-electron chi connectivity index (χ2n) is 6.06. The number of hydrogen-bond acceptors (Lipinski definition) is 5. The minimum atomic E-state index is -1.10. The Kier molecular flexibility index (Phi) is 4.09. The Hall–Kier alpha value is -2.70. The van der Waals surface area contributed by atoms with Crippen molar-refractivity contribution >= 4 is 23.7 Å². The van der Waals surface area contributed by atoms with Gasteiger partial charge in [0.15, 0.2) is 6.10 Å². The second-order valence-corrected chi connectivity index (χ2v) is 6.06. The normalized spacial score (nSPS) is 18.8. The summed E-state index contributed by atoms with van der Waals surface area (Å²) in [5.74, 6) is -2.23. The van der Waals surface area contributed by atoms with Crippen molar-refractivity contribution in [3.8, 4) is 0 Å². The first-order valence-corrected chi connectivity index (χ1v) is 7.88. The first-order chi connectivity index (χ1) is 11.4. The third-order valence-electron chi connectivity index (χ3n) is 4.14. The highest BCUT2D eigenvalue weighted by Gasteiger charge is 2.41. The number of fused-ring (bicyclic) bond motifs is 1. The van der Waals surface area contributed by atoms with Crippen LogP contribution >= 0.6 is 0 Å². The molecular weight excluding hydrogens is 312 g/mol. The van der Waals surface area contributed by atoms with Gasteiger partial charge in [-0.1, -0.05) is 12.1 Å². The average molecular weight is 330 g/mol. The van der Waals surface area contributed by atoms with E-state index in [-0.39, 0.29) is 23.1 Å². The van der Waals surface area contributed by atoms with Crippen molar-refractivity contribution in [3.05, 3.63) is 35.4 Å². The molecule has 0 aromatic heterocycles. The molecule has 7 nitrogen and oxygen atoms in total. The van der Waals surface area contributed by atoms with E-state index in [1.54, 1.807) is 24.3 Å². The van der Waals surface area contributed by atoms with Crippen LogP contribution in [0.25, 0.3) is 0 Å². The number of nitrogens with one attached hydrogen (secondary N) is 1. The fraction of sp³-hybridized carbons (Fsp3) is 0.412. The van der Waals surface area contributed by atoms with E-state index in [2.05, 4.69) is 5.32 Å². The van der Waals surface area contributed by atoms with Crippen LogP contribution in [0.3, 0.4) is 0 Å². The molecule has 1 N–H and O–H groups in total. The van der Waals surface area contributed by atoms with Crippen LogP contribution in [0.2, 0.25) is 0 Å². The molecule has 1 fully saturated rings. The van der Waals surface area contributed by atoms with Crippen LogP contribution in [-0.2, 0) is 14.3 Å². The van der Waals surface area contributed by atoms with Crippen LogP contribution in [0.5, 0.6) is 0 Å². The molecule has 2 atom stereocenters. The number of amides is 3. The molecule has 7 heteroatoms. The molecule has 24 heavy (non-hydrogen) atoms. The number of carbonyl (C=O) groups is 4. The molecule has 1 aromatic rings. The van der Waals surface area contributed by atoms with Crippen molar-refractivity contribution in [3.63, 3.8) is 0 Å². The number of carbonyl (C=O) groups excluding carboxylic acids is 4. The van der Waals surface area contributed by atoms with E-state index in [4.69, 9.17) is 4.74 Å². The van der Waals surface area contributed by atoms with Gasteiger partial charge >= 0.3 is 5.97 Å². The summed E-state index contributed by atoms with van der Waals surface area (Å²) >= 11 is 0. The van der Waals surface area contributed by atoms with E-state index in [9.17, 15) is 19.2 Å². The molecule has 1 heterocycles. The van der Waals surface area contributed by atoms with Crippen LogP contribution in [0, 0.1) is 0 Å². The summed E-state index contributed by atoms with van der Waals surface area (Å²) < 4.78 is 5.11. The Morgan fingerprint density at radius 3 is 2.17 bits per heavy atom. The summed E-state index contributed by atoms with van der Waals surface area (Å²) in [6.07, 6.45) is 0.881. The molecule has 0 spiro atoms. The van der Waals surface area contributed by atoms with Crippen LogP contribution in [0.1, 0.15) is 47.4 Å². The van der Waals surface area contributed by atoms with Gasteiger partial charge in [0.25, 0.3) is 17.7 Å². The Bertz CT molecular complexity index is 690. The lowest BCUT2D eigenvalue weighted by Gasteiger charge is -2.22. The number of esters is 1. The number of imide groups is 1. The number of nitrogens with zero attached hydrogens (tertiary/aromatic N) is 1. The topological polar surface area (TPSA) is 92.8 Å². The maximum absolute atomic E-state index is 12.3. The summed E-state index contributed by atoms with van der Waals surface area (Å²) in [7, 11) is 0. The summed E-state index contributed by atoms with van der Waals surface area (Å²) in [5, 5.41) is 2.74. The Morgan fingerprint density at radius 1 is 1.12 bits per heavy atom. The largest absolute Gasteiger partial charge is 0.451 e. The number of benzene rings is 1. The van der Waals surface area contributed by atoms with Gasteiger partial charge in [0.2, 0.25) is 0 Å². The molecule has 0 saturated heterocycles. The van der Waals surface area contributed by atoms with Crippen LogP contribution in [-0.4, -0.2) is 46.8 Å². The summed E-state index contributed by atoms with van der Waals surface area (Å²) in [6, 6.07) is 5.45. The fourth-order valence-corrected chi connectivity index (χ4v) is 2.54. The molecule has 0 radical (unpaired) electrons. The predicted octanol–water partition coefficient (Wildman–Crippen LogP) is 0.881. The Labute approximate surface area is 139 Å². The third-order valence-corrected chi connectivity index (χ3v) is 4.14. The molecule has 2 aliphatic rings. The molecule has 3 amide bonds. The molecule has 1 aromatic carbocycles. The SMILES string of the molecule is C[C@H](C(=O)O[C@H](C)C(=O)NC1CC1)N1C(=O)c2ccccc2C1=O. The number of rotatable bonds is 5. The minimum Gasteiger partial charge on any atom is -0.451 e. The van der Waals surface area contributed by atoms with Crippen molar-refractivity contribution in [1.82, 2.24) is 10.2 Å². The molecule has 0 bridgehead atoms. The van der Waals surface area contributed by atoms with E-state index in [1.807, 2.05) is 0 Å². The zero-order valence-corrected chi connectivity index (χ0v) is 13.4. The average Bonchev–Trinajstić information content (AvgIpc) is 3.34. The lowest BCUT2D eigenvalue weighted by molar-refractivity contribution is -0.158. The van der Waals surface area contributed by atoms with Gasteiger partial charge in [0, 0.05) is 6.04 Å². The van der Waals surface area contributed by atoms with E-state index >= 15 is 0 Å². The Balaban J connectivity index is 1.66. The van der Waals surface area contributed by atoms with Crippen molar-refractivity contribution < 1.29 is 23.9 Å². The van der Waals surface area contributed by atoms with E-state index in [0.29, 0.717) is 0 Å². The van der Waals surface area contributed by atoms with Crippen LogP contribution in [0.15, 0.2) is 24.3 Å². The molecule has 126 valence electrons. The second kappa shape index (κ2) is 6.07. The molecule has 1 saturated carbocycles. The van der Waals surface area contributed by atoms with E-state index in [0.717, 1.165) is 17.7 Å². The van der Waals surface area contributed by atoms with E-state index in [1.165, 1.54) is 13.8 Å². The van der Waals surface area contributed by atoms with Crippen molar-refractivity contribution in [2.45, 2.75) is 44.9 Å². The zero-order valence-electron chi connectivity index (χ0n) is 13.4. The van der Waals surface area contributed by atoms with E-state index < -0.39 is 29.9 Å². The van der Waals surface area contributed by atoms with Gasteiger partial charge in [-0.05, 0) is 38.8 Å². The highest BCUT2D eigenvalue weighted by atomic mass is 16.5. The van der Waals surface area contributed by atoms with Gasteiger partial charge in [-0.2, -0.15) is 0 Å². The first kappa shape index (κ1) is 16.2. The van der Waals surface area contributed by atoms with Crippen molar-refractivity contribution in [2.75, 3.05) is 0 Å². The number of hydrogen-bond donors (Lipinski definition) is 1. The molecule has 3 rings (SSSR count). The molecular formula is C17H18N2O5. The lowest BCUT2D eigenvalue weighted by Crippen LogP contribution is -2.46. The molecule has 0 unspecified atom stereocenters. The maximum atomic E-state index is 12.3. The zero-order chi connectivity index (χ0) is 17.4. The quantitative estimate of drug-likeness (QED) is 0.639. The van der Waals surface area contributed by atoms with Gasteiger partial charge < -0.3 is 10.1 Å². The standard InChI is InChI=1S/C17H18N2O5/c1-9(17(23)24-10(2)14(20)18-11-7-8-11)19-15(21)12-5-3-4-6-13(12)16(19)22/h3-6,9-11H,7-8H2,1-2H3,(H,18,20)/t9-,10-/m1/s1. The van der Waals surface area contributed by atoms with Gasteiger partial charge in [0.05, 0.1) is 11.1 Å². The summed E-state index contributed by atoms with van der Waals surface area (Å²) in [5.41, 5.74) is 0.531. The van der Waals surface area contributed by atoms with Crippen LogP contribution in [0.4, 0.5) is 0 Å². The summed E-state index contributed by atoms with van der Waals surface area (Å²) in [4.78, 5) is 49.6. The smallest absolute Gasteiger partial charge is 0.329 e. The van der Waals surface area contributed by atoms with Gasteiger partial charge in [0.1, 0.15) is 6.04 Å². The Morgan fingerprint density at radius 2 is 1.67 bits per heavy atom. The first-order valence-electron chi connectivity index (χ1n) is 7.88. The van der Waals surface area contributed by atoms with Crippen LogP contribution < -0.4 is 5.32 Å². The van der Waals surface area contributed by atoms with Crippen molar-refractivity contribution in [2.24, 2.45) is 0 Å². The fourth-order valence-electron chi connectivity index (χ4n) is 2.54. The maximum Gasteiger partial charge on any atom is 0.329 e. The monoisotopic (exact) mass is 330 g/mol. The highest BCUT2D eigenvalue weighted by molar-refractivity contribution is 6.22. The molecule has 1 aliphatic heterocycles. The predicted molar refractivity (Wildman–Crippen MR) is 83.1 cm³/mol. The van der Waals surface area contributed by atoms with Crippen molar-refractivity contribution in [1.29, 1.82) is 0 Å². The molecule has 1 aliphatic carbocycles. The van der Waals surface area contributed by atoms with Gasteiger partial charge in [-0.15, -0.1) is 0 Å². The number of ether oxygens (including phenoxy) is 1. The van der Waals surface area contributed by atoms with Gasteiger partial charge in [-0.25, -0.2) is 4.79 Å². The highest BCUT2D eigenvalue weighted by Crippen LogP contribution is 2.25.